The highest BCUT2D eigenvalue weighted by Gasteiger charge is 2.22. The molecule has 2 atom stereocenters. The van der Waals surface area contributed by atoms with Gasteiger partial charge in [-0.15, -0.1) is 0 Å². The fraction of sp³-hybridized carbons (Fsp3) is 0.300. The quantitative estimate of drug-likeness (QED) is 0.502. The molecule has 2 aromatic carbocycles. The van der Waals surface area contributed by atoms with Crippen LogP contribution < -0.4 is 5.32 Å². The minimum absolute atomic E-state index is 0.278. The van der Waals surface area contributed by atoms with E-state index in [1.54, 1.807) is 18.7 Å². The summed E-state index contributed by atoms with van der Waals surface area (Å²) in [6, 6.07) is 17.5. The van der Waals surface area contributed by atoms with Crippen molar-refractivity contribution in [3.05, 3.63) is 60.2 Å². The zero-order valence-electron chi connectivity index (χ0n) is 15.0. The number of thiol groups is 1. The molecule has 0 heterocycles. The molecule has 0 saturated carbocycles. The summed E-state index contributed by atoms with van der Waals surface area (Å²) in [7, 11) is 0. The molecule has 2 rings (SSSR count). The summed E-state index contributed by atoms with van der Waals surface area (Å²) in [6.07, 6.45) is 0. The van der Waals surface area contributed by atoms with Crippen molar-refractivity contribution in [2.75, 3.05) is 11.5 Å². The maximum Gasteiger partial charge on any atom is 0.327 e. The van der Waals surface area contributed by atoms with Crippen molar-refractivity contribution < 1.29 is 14.7 Å². The van der Waals surface area contributed by atoms with E-state index in [1.807, 2.05) is 18.2 Å². The molecule has 0 bridgehead atoms. The molecule has 4 nitrogen and oxygen atoms in total. The summed E-state index contributed by atoms with van der Waals surface area (Å²) >= 11 is 7.27. The van der Waals surface area contributed by atoms with E-state index in [4.69, 9.17) is 0 Å². The number of nitrogens with one attached hydrogen (secondary N) is 1. The number of aliphatic carboxylic acids is 1. The minimum atomic E-state index is -1.02. The smallest absolute Gasteiger partial charge is 0.327 e. The minimum Gasteiger partial charge on any atom is -0.480 e. The van der Waals surface area contributed by atoms with Crippen LogP contribution in [0.25, 0.3) is 0 Å². The first kappa shape index (κ1) is 21.7. The Labute approximate surface area is 173 Å². The Morgan fingerprint density at radius 3 is 2.30 bits per heavy atom. The fourth-order valence-corrected chi connectivity index (χ4v) is 4.16. The van der Waals surface area contributed by atoms with Gasteiger partial charge in [0.2, 0.25) is 5.91 Å². The maximum atomic E-state index is 11.9. The number of carbonyl (C=O) groups is 2. The third-order valence-electron chi connectivity index (χ3n) is 3.79. The average molecular weight is 422 g/mol. The van der Waals surface area contributed by atoms with Gasteiger partial charge in [-0.3, -0.25) is 4.79 Å². The van der Waals surface area contributed by atoms with Gasteiger partial charge >= 0.3 is 5.97 Å². The van der Waals surface area contributed by atoms with E-state index in [9.17, 15) is 14.7 Å². The van der Waals surface area contributed by atoms with Crippen LogP contribution in [0.4, 0.5) is 0 Å². The van der Waals surface area contributed by atoms with E-state index in [-0.39, 0.29) is 11.8 Å². The van der Waals surface area contributed by atoms with Crippen LogP contribution in [0.1, 0.15) is 12.5 Å². The topological polar surface area (TPSA) is 66.4 Å². The van der Waals surface area contributed by atoms with Gasteiger partial charge in [-0.05, 0) is 29.8 Å². The number of hydrogen-bond acceptors (Lipinski definition) is 5. The normalized spacial score (nSPS) is 13.0. The van der Waals surface area contributed by atoms with Gasteiger partial charge < -0.3 is 10.4 Å². The van der Waals surface area contributed by atoms with Crippen molar-refractivity contribution in [2.45, 2.75) is 28.5 Å². The second-order valence-corrected chi connectivity index (χ2v) is 8.60. The number of amides is 1. The number of rotatable bonds is 10. The Hall–Kier alpha value is -1.57. The lowest BCUT2D eigenvalue weighted by molar-refractivity contribution is -0.141. The molecule has 0 radical (unpaired) electrons. The highest BCUT2D eigenvalue weighted by Crippen LogP contribution is 2.28. The Kier molecular flexibility index (Phi) is 9.10. The van der Waals surface area contributed by atoms with E-state index in [0.717, 1.165) is 10.5 Å². The zero-order valence-corrected chi connectivity index (χ0v) is 17.5. The summed E-state index contributed by atoms with van der Waals surface area (Å²) in [4.78, 5) is 25.6. The van der Waals surface area contributed by atoms with Gasteiger partial charge in [0, 0.05) is 33.0 Å². The maximum absolute atomic E-state index is 11.9. The monoisotopic (exact) mass is 421 g/mol. The molecule has 2 N–H and O–H groups in total. The van der Waals surface area contributed by atoms with Crippen molar-refractivity contribution in [1.82, 2.24) is 5.32 Å². The van der Waals surface area contributed by atoms with E-state index in [0.29, 0.717) is 17.3 Å². The Morgan fingerprint density at radius 2 is 1.70 bits per heavy atom. The number of benzene rings is 2. The van der Waals surface area contributed by atoms with Gasteiger partial charge in [0.25, 0.3) is 0 Å². The number of carbonyl (C=O) groups excluding carboxylic acids is 1. The molecule has 0 aliphatic heterocycles. The second kappa shape index (κ2) is 11.3. The molecule has 0 spiro atoms. The summed E-state index contributed by atoms with van der Waals surface area (Å²) < 4.78 is 0. The van der Waals surface area contributed by atoms with Crippen LogP contribution in [0, 0.1) is 5.92 Å². The number of thioether (sulfide) groups is 1. The van der Waals surface area contributed by atoms with Crippen molar-refractivity contribution in [3.8, 4) is 0 Å². The summed E-state index contributed by atoms with van der Waals surface area (Å²) in [5, 5.41) is 11.9. The highest BCUT2D eigenvalue weighted by molar-refractivity contribution is 7.99. The van der Waals surface area contributed by atoms with Gasteiger partial charge in [0.05, 0.1) is 0 Å². The van der Waals surface area contributed by atoms with Crippen molar-refractivity contribution in [1.29, 1.82) is 0 Å². The number of carboxylic acids is 1. The lowest BCUT2D eigenvalue weighted by Crippen LogP contribution is -2.45. The highest BCUT2D eigenvalue weighted by atomic mass is 32.2. The summed E-state index contributed by atoms with van der Waals surface area (Å²) in [5.74, 6) is -0.204. The largest absolute Gasteiger partial charge is 0.480 e. The Morgan fingerprint density at radius 1 is 1.07 bits per heavy atom. The Bertz CT molecular complexity index is 738. The molecular formula is C20H23NO3S3. The molecule has 1 amide bonds. The van der Waals surface area contributed by atoms with Gasteiger partial charge in [0.1, 0.15) is 6.04 Å². The van der Waals surface area contributed by atoms with E-state index in [2.05, 4.69) is 54.3 Å². The lowest BCUT2D eigenvalue weighted by atomic mass is 10.2. The average Bonchev–Trinajstić information content (AvgIpc) is 2.68. The van der Waals surface area contributed by atoms with E-state index in [1.165, 1.54) is 16.7 Å². The van der Waals surface area contributed by atoms with Crippen LogP contribution in [0.2, 0.25) is 0 Å². The van der Waals surface area contributed by atoms with Crippen LogP contribution in [0.15, 0.2) is 64.4 Å². The molecule has 0 unspecified atom stereocenters. The molecular weight excluding hydrogens is 398 g/mol. The zero-order chi connectivity index (χ0) is 19.6. The third kappa shape index (κ3) is 7.52. The van der Waals surface area contributed by atoms with Crippen LogP contribution >= 0.6 is 36.2 Å². The first-order valence-electron chi connectivity index (χ1n) is 8.53. The van der Waals surface area contributed by atoms with Crippen molar-refractivity contribution in [3.63, 3.8) is 0 Å². The summed E-state index contributed by atoms with van der Waals surface area (Å²) in [6.45, 7) is 1.73. The fourth-order valence-electron chi connectivity index (χ4n) is 2.14. The second-order valence-electron chi connectivity index (χ2n) is 6.06. The van der Waals surface area contributed by atoms with Gasteiger partial charge in [0.15, 0.2) is 0 Å². The first-order chi connectivity index (χ1) is 13.0. The molecule has 144 valence electrons. The molecule has 27 heavy (non-hydrogen) atoms. The van der Waals surface area contributed by atoms with E-state index >= 15 is 0 Å². The molecule has 2 aromatic rings. The predicted octanol–water partition coefficient (Wildman–Crippen LogP) is 4.21. The molecule has 0 saturated heterocycles. The Balaban J connectivity index is 1.82. The molecule has 0 aromatic heterocycles. The standard InChI is InChI=1S/C20H23NO3S3/c1-14(11-25)19(22)21-18(20(23)24)13-26-12-15-7-9-17(10-8-15)27-16-5-3-2-4-6-16/h2-10,14,18,25H,11-13H2,1H3,(H,21,22)(H,23,24)/t14-,18+/m1/s1. The summed E-state index contributed by atoms with van der Waals surface area (Å²) in [5.41, 5.74) is 1.12. The van der Waals surface area contributed by atoms with Crippen molar-refractivity contribution in [2.24, 2.45) is 5.92 Å². The third-order valence-corrected chi connectivity index (χ3v) is 6.46. The SMILES string of the molecule is C[C@H](CS)C(=O)N[C@@H](CSCc1ccc(Sc2ccccc2)cc1)C(=O)O. The van der Waals surface area contributed by atoms with E-state index < -0.39 is 12.0 Å². The van der Waals surface area contributed by atoms with Crippen LogP contribution in [0.3, 0.4) is 0 Å². The number of carboxylic acid groups (broad SMARTS) is 1. The molecule has 0 aliphatic rings. The van der Waals surface area contributed by atoms with Crippen LogP contribution in [-0.4, -0.2) is 34.5 Å². The van der Waals surface area contributed by atoms with Gasteiger partial charge in [-0.25, -0.2) is 4.79 Å². The van der Waals surface area contributed by atoms with Crippen LogP contribution in [0.5, 0.6) is 0 Å². The van der Waals surface area contributed by atoms with Gasteiger partial charge in [-0.1, -0.05) is 49.0 Å². The molecule has 0 aliphatic carbocycles. The first-order valence-corrected chi connectivity index (χ1v) is 11.1. The number of hydrogen-bond donors (Lipinski definition) is 3. The van der Waals surface area contributed by atoms with Crippen molar-refractivity contribution >= 4 is 48.0 Å². The van der Waals surface area contributed by atoms with Crippen LogP contribution in [-0.2, 0) is 15.3 Å². The molecule has 0 fully saturated rings. The molecule has 7 heteroatoms. The predicted molar refractivity (Wildman–Crippen MR) is 116 cm³/mol. The lowest BCUT2D eigenvalue weighted by Gasteiger charge is -2.16. The van der Waals surface area contributed by atoms with Gasteiger partial charge in [-0.2, -0.15) is 24.4 Å².